The van der Waals surface area contributed by atoms with Crippen LogP contribution in [0.5, 0.6) is 5.75 Å². The number of benzene rings is 1. The topological polar surface area (TPSA) is 102 Å². The van der Waals surface area contributed by atoms with Gasteiger partial charge in [-0.25, -0.2) is 0 Å². The van der Waals surface area contributed by atoms with Crippen molar-refractivity contribution in [2.45, 2.75) is 13.3 Å². The molecule has 104 valence electrons. The highest BCUT2D eigenvalue weighted by Crippen LogP contribution is 2.28. The van der Waals surface area contributed by atoms with E-state index < -0.39 is 10.8 Å². The van der Waals surface area contributed by atoms with E-state index >= 15 is 0 Å². The second-order valence-corrected chi connectivity index (χ2v) is 3.77. The van der Waals surface area contributed by atoms with Gasteiger partial charge in [-0.2, -0.15) is 0 Å². The minimum absolute atomic E-state index is 0.0568. The Morgan fingerprint density at radius 3 is 2.84 bits per heavy atom. The molecule has 0 aliphatic heterocycles. The van der Waals surface area contributed by atoms with Crippen molar-refractivity contribution < 1.29 is 19.6 Å². The highest BCUT2D eigenvalue weighted by Gasteiger charge is 2.16. The van der Waals surface area contributed by atoms with Crippen LogP contribution in [0.3, 0.4) is 0 Å². The first-order chi connectivity index (χ1) is 9.08. The first-order valence-corrected chi connectivity index (χ1v) is 5.86. The lowest BCUT2D eigenvalue weighted by Gasteiger charge is -2.08. The summed E-state index contributed by atoms with van der Waals surface area (Å²) in [7, 11) is 0. The number of hydrogen-bond acceptors (Lipinski definition) is 5. The molecule has 0 unspecified atom stereocenters. The molecule has 0 saturated carbocycles. The summed E-state index contributed by atoms with van der Waals surface area (Å²) in [5.41, 5.74) is 0.665. The molecule has 0 aliphatic carbocycles. The zero-order valence-electron chi connectivity index (χ0n) is 10.6. The number of carbonyl (C=O) groups is 1. The van der Waals surface area contributed by atoms with E-state index in [0.717, 1.165) is 5.56 Å². The first-order valence-electron chi connectivity index (χ1n) is 5.86. The number of aliphatic hydroxyl groups is 1. The van der Waals surface area contributed by atoms with Gasteiger partial charge in [-0.05, 0) is 18.1 Å². The zero-order valence-corrected chi connectivity index (χ0v) is 10.6. The Bertz CT molecular complexity index is 461. The predicted molar refractivity (Wildman–Crippen MR) is 68.1 cm³/mol. The molecule has 1 amide bonds. The van der Waals surface area contributed by atoms with Gasteiger partial charge in [0, 0.05) is 12.6 Å². The normalized spacial score (nSPS) is 10.0. The molecule has 0 saturated heterocycles. The second-order valence-electron chi connectivity index (χ2n) is 3.77. The molecule has 0 fully saturated rings. The van der Waals surface area contributed by atoms with Crippen LogP contribution in [0.15, 0.2) is 18.2 Å². The van der Waals surface area contributed by atoms with Gasteiger partial charge < -0.3 is 15.2 Å². The summed E-state index contributed by atoms with van der Waals surface area (Å²) < 4.78 is 5.12. The minimum Gasteiger partial charge on any atom is -0.477 e. The molecular formula is C12H16N2O5. The van der Waals surface area contributed by atoms with E-state index in [4.69, 9.17) is 9.84 Å². The van der Waals surface area contributed by atoms with Gasteiger partial charge in [0.1, 0.15) is 0 Å². The van der Waals surface area contributed by atoms with Crippen molar-refractivity contribution in [1.82, 2.24) is 5.32 Å². The first kappa shape index (κ1) is 14.9. The number of nitro groups is 1. The molecule has 1 rings (SSSR count). The number of nitrogens with one attached hydrogen (secondary N) is 1. The lowest BCUT2D eigenvalue weighted by Crippen LogP contribution is -2.31. The Morgan fingerprint density at radius 2 is 2.26 bits per heavy atom. The highest BCUT2D eigenvalue weighted by atomic mass is 16.6. The van der Waals surface area contributed by atoms with E-state index in [9.17, 15) is 14.9 Å². The second kappa shape index (κ2) is 7.32. The van der Waals surface area contributed by atoms with Crippen LogP contribution in [-0.2, 0) is 11.2 Å². The maximum atomic E-state index is 11.3. The van der Waals surface area contributed by atoms with Crippen LogP contribution in [0.25, 0.3) is 0 Å². The van der Waals surface area contributed by atoms with E-state index in [1.165, 1.54) is 12.1 Å². The largest absolute Gasteiger partial charge is 0.477 e. The van der Waals surface area contributed by atoms with Crippen LogP contribution >= 0.6 is 0 Å². The van der Waals surface area contributed by atoms with Gasteiger partial charge in [0.25, 0.3) is 5.91 Å². The van der Waals surface area contributed by atoms with Gasteiger partial charge in [0.2, 0.25) is 0 Å². The van der Waals surface area contributed by atoms with E-state index in [1.54, 1.807) is 6.07 Å². The molecule has 19 heavy (non-hydrogen) atoms. The molecule has 0 aliphatic rings. The van der Waals surface area contributed by atoms with E-state index in [0.29, 0.717) is 6.42 Å². The summed E-state index contributed by atoms with van der Waals surface area (Å²) in [6, 6.07) is 4.63. The smallest absolute Gasteiger partial charge is 0.311 e. The number of hydrogen-bond donors (Lipinski definition) is 2. The summed E-state index contributed by atoms with van der Waals surface area (Å²) in [5.74, 6) is -0.385. The third-order valence-electron chi connectivity index (χ3n) is 2.42. The predicted octanol–water partition coefficient (Wildman–Crippen LogP) is 0.645. The standard InChI is InChI=1S/C12H16N2O5/c1-2-9-3-4-11(10(7-9)14(17)18)19-8-12(16)13-5-6-15/h3-4,7,15H,2,5-6,8H2,1H3,(H,13,16). The van der Waals surface area contributed by atoms with Gasteiger partial charge >= 0.3 is 5.69 Å². The summed E-state index contributed by atoms with van der Waals surface area (Å²) in [6.45, 7) is 1.52. The molecule has 7 nitrogen and oxygen atoms in total. The van der Waals surface area contributed by atoms with Crippen molar-refractivity contribution in [2.75, 3.05) is 19.8 Å². The van der Waals surface area contributed by atoms with Crippen molar-refractivity contribution in [3.05, 3.63) is 33.9 Å². The van der Waals surface area contributed by atoms with Gasteiger partial charge in [-0.3, -0.25) is 14.9 Å². The number of amides is 1. The number of carbonyl (C=O) groups excluding carboxylic acids is 1. The lowest BCUT2D eigenvalue weighted by atomic mass is 10.1. The fraction of sp³-hybridized carbons (Fsp3) is 0.417. The Kier molecular flexibility index (Phi) is 5.74. The van der Waals surface area contributed by atoms with Gasteiger partial charge in [-0.1, -0.05) is 13.0 Å². The van der Waals surface area contributed by atoms with Crippen molar-refractivity contribution in [3.8, 4) is 5.75 Å². The molecule has 0 aromatic heterocycles. The Morgan fingerprint density at radius 1 is 1.53 bits per heavy atom. The third-order valence-corrected chi connectivity index (χ3v) is 2.42. The average Bonchev–Trinajstić information content (AvgIpc) is 2.42. The fourth-order valence-corrected chi connectivity index (χ4v) is 1.44. The number of nitrogens with zero attached hydrogens (tertiary/aromatic N) is 1. The number of ether oxygens (including phenoxy) is 1. The van der Waals surface area contributed by atoms with Crippen molar-refractivity contribution in [1.29, 1.82) is 0 Å². The van der Waals surface area contributed by atoms with Crippen LogP contribution in [0.4, 0.5) is 5.69 Å². The Hall–Kier alpha value is -2.15. The molecule has 1 aromatic rings. The van der Waals surface area contributed by atoms with Gasteiger partial charge in [0.15, 0.2) is 12.4 Å². The summed E-state index contributed by atoms with van der Waals surface area (Å²) in [6.07, 6.45) is 0.679. The maximum Gasteiger partial charge on any atom is 0.311 e. The number of nitro benzene ring substituents is 1. The van der Waals surface area contributed by atoms with E-state index in [1.807, 2.05) is 6.92 Å². The molecule has 0 bridgehead atoms. The average molecular weight is 268 g/mol. The van der Waals surface area contributed by atoms with Gasteiger partial charge in [-0.15, -0.1) is 0 Å². The van der Waals surface area contributed by atoms with E-state index in [-0.39, 0.29) is 31.2 Å². The summed E-state index contributed by atoms with van der Waals surface area (Å²) in [5, 5.41) is 21.8. The van der Waals surface area contributed by atoms with Crippen LogP contribution in [0.2, 0.25) is 0 Å². The third kappa shape index (κ3) is 4.55. The number of aryl methyl sites for hydroxylation is 1. The Balaban J connectivity index is 2.72. The summed E-state index contributed by atoms with van der Waals surface area (Å²) >= 11 is 0. The zero-order chi connectivity index (χ0) is 14.3. The van der Waals surface area contributed by atoms with E-state index in [2.05, 4.69) is 5.32 Å². The molecule has 0 spiro atoms. The minimum atomic E-state index is -0.542. The molecule has 0 atom stereocenters. The van der Waals surface area contributed by atoms with Crippen LogP contribution in [0, 0.1) is 10.1 Å². The SMILES string of the molecule is CCc1ccc(OCC(=O)NCCO)c([N+](=O)[O-])c1. The van der Waals surface area contributed by atoms with Crippen LogP contribution < -0.4 is 10.1 Å². The molecule has 1 aromatic carbocycles. The molecule has 0 radical (unpaired) electrons. The van der Waals surface area contributed by atoms with Crippen molar-refractivity contribution in [3.63, 3.8) is 0 Å². The summed E-state index contributed by atoms with van der Waals surface area (Å²) in [4.78, 5) is 21.6. The monoisotopic (exact) mass is 268 g/mol. The molecule has 0 heterocycles. The number of aliphatic hydroxyl groups excluding tert-OH is 1. The van der Waals surface area contributed by atoms with Crippen molar-refractivity contribution >= 4 is 11.6 Å². The number of rotatable bonds is 7. The molecule has 2 N–H and O–H groups in total. The fourth-order valence-electron chi connectivity index (χ4n) is 1.44. The van der Waals surface area contributed by atoms with Gasteiger partial charge in [0.05, 0.1) is 11.5 Å². The maximum absolute atomic E-state index is 11.3. The highest BCUT2D eigenvalue weighted by molar-refractivity contribution is 5.77. The van der Waals surface area contributed by atoms with Crippen LogP contribution in [0.1, 0.15) is 12.5 Å². The van der Waals surface area contributed by atoms with Crippen LogP contribution in [-0.4, -0.2) is 35.7 Å². The Labute approximate surface area is 110 Å². The van der Waals surface area contributed by atoms with Crippen molar-refractivity contribution in [2.24, 2.45) is 0 Å². The lowest BCUT2D eigenvalue weighted by molar-refractivity contribution is -0.385. The molecular weight excluding hydrogens is 252 g/mol. The quantitative estimate of drug-likeness (QED) is 0.558. The molecule has 7 heteroatoms.